The molecule has 0 bridgehead atoms. The summed E-state index contributed by atoms with van der Waals surface area (Å²) < 4.78 is 22.3. The molecule has 2 amide bonds. The number of aliphatic imine (C=N–C) groups is 1. The summed E-state index contributed by atoms with van der Waals surface area (Å²) in [5.74, 6) is 2.83. The first kappa shape index (κ1) is 30.0. The monoisotopic (exact) mass is 610 g/mol. The minimum atomic E-state index is 0.0274. The van der Waals surface area contributed by atoms with Gasteiger partial charge in [0.2, 0.25) is 11.8 Å². The number of ether oxygens (including phenoxy) is 4. The van der Waals surface area contributed by atoms with E-state index < -0.39 is 0 Å². The van der Waals surface area contributed by atoms with Gasteiger partial charge in [-0.15, -0.1) is 0 Å². The largest absolute Gasteiger partial charge is 0.493 e. The Balaban J connectivity index is 1.35. The molecule has 0 unspecified atom stereocenters. The number of morpholine rings is 1. The summed E-state index contributed by atoms with van der Waals surface area (Å²) in [7, 11) is 3.07. The molecule has 2 aromatic carbocycles. The maximum atomic E-state index is 13.0. The van der Waals surface area contributed by atoms with Crippen molar-refractivity contribution in [2.24, 2.45) is 10.7 Å². The van der Waals surface area contributed by atoms with Crippen molar-refractivity contribution in [3.05, 3.63) is 53.6 Å². The third-order valence-electron chi connectivity index (χ3n) is 6.94. The number of anilines is 2. The van der Waals surface area contributed by atoms with Gasteiger partial charge in [-0.2, -0.15) is 9.97 Å². The highest BCUT2D eigenvalue weighted by Crippen LogP contribution is 2.39. The molecular weight excluding hydrogens is 576 g/mol. The molecule has 1 aromatic heterocycles. The van der Waals surface area contributed by atoms with E-state index in [1.165, 1.54) is 14.2 Å². The molecule has 0 spiro atoms. The van der Waals surface area contributed by atoms with Crippen LogP contribution < -0.4 is 30.2 Å². The van der Waals surface area contributed by atoms with Crippen LogP contribution in [-0.4, -0.2) is 105 Å². The van der Waals surface area contributed by atoms with Crippen LogP contribution in [0.5, 0.6) is 23.1 Å². The topological polar surface area (TPSA) is 140 Å². The number of hydrogen-bond donors (Lipinski definition) is 2. The predicted molar refractivity (Wildman–Crippen MR) is 164 cm³/mol. The highest BCUT2D eigenvalue weighted by molar-refractivity contribution is 6.32. The molecule has 5 rings (SSSR count). The zero-order valence-corrected chi connectivity index (χ0v) is 24.9. The number of aromatic nitrogens is 2. The second-order valence-corrected chi connectivity index (χ2v) is 10.2. The first-order chi connectivity index (χ1) is 20.9. The number of methoxy groups -OCH3 is 2. The lowest BCUT2D eigenvalue weighted by Gasteiger charge is -2.38. The van der Waals surface area contributed by atoms with Crippen LogP contribution in [0.3, 0.4) is 0 Å². The molecule has 0 saturated carbocycles. The molecule has 43 heavy (non-hydrogen) atoms. The van der Waals surface area contributed by atoms with Gasteiger partial charge in [0.05, 0.1) is 44.7 Å². The first-order valence-electron chi connectivity index (χ1n) is 13.9. The first-order valence-corrected chi connectivity index (χ1v) is 14.3. The number of rotatable bonds is 9. The normalized spacial score (nSPS) is 15.7. The van der Waals surface area contributed by atoms with Gasteiger partial charge in [-0.05, 0) is 12.1 Å². The standard InChI is InChI=1S/C29H35ClN8O5/c1-40-23-16-21(30)22(17-24(23)41-2)43-27-18-26(32-19-25(31)33-20-6-4-3-5-7-20)34-28(35-27)36-8-10-37(11-9-36)29(39)38-12-14-42-15-13-38/h3-7,16-18H,8-15,19H2,1-2H3,(H2,31,33)(H,32,34,35). The molecule has 228 valence electrons. The highest BCUT2D eigenvalue weighted by atomic mass is 35.5. The van der Waals surface area contributed by atoms with E-state index in [1.54, 1.807) is 18.2 Å². The van der Waals surface area contributed by atoms with Crippen molar-refractivity contribution >= 4 is 40.9 Å². The van der Waals surface area contributed by atoms with Gasteiger partial charge in [0.25, 0.3) is 0 Å². The lowest BCUT2D eigenvalue weighted by atomic mass is 10.3. The van der Waals surface area contributed by atoms with Gasteiger partial charge < -0.3 is 44.7 Å². The van der Waals surface area contributed by atoms with E-state index >= 15 is 0 Å². The minimum absolute atomic E-state index is 0.0274. The Morgan fingerprint density at radius 1 is 0.953 bits per heavy atom. The average molecular weight is 611 g/mol. The summed E-state index contributed by atoms with van der Waals surface area (Å²) in [6.07, 6.45) is 0. The van der Waals surface area contributed by atoms with Crippen molar-refractivity contribution in [3.8, 4) is 23.1 Å². The third kappa shape index (κ3) is 7.67. The van der Waals surface area contributed by atoms with Crippen LogP contribution in [0.2, 0.25) is 5.02 Å². The Morgan fingerprint density at radius 2 is 1.63 bits per heavy atom. The summed E-state index contributed by atoms with van der Waals surface area (Å²) >= 11 is 6.49. The molecule has 2 aliphatic heterocycles. The fourth-order valence-corrected chi connectivity index (χ4v) is 4.86. The zero-order valence-electron chi connectivity index (χ0n) is 24.2. The van der Waals surface area contributed by atoms with Crippen molar-refractivity contribution in [2.75, 3.05) is 83.5 Å². The number of para-hydroxylation sites is 1. The van der Waals surface area contributed by atoms with Gasteiger partial charge in [0, 0.05) is 57.5 Å². The number of nitrogens with one attached hydrogen (secondary N) is 1. The van der Waals surface area contributed by atoms with Gasteiger partial charge in [-0.3, -0.25) is 0 Å². The summed E-state index contributed by atoms with van der Waals surface area (Å²) in [5.41, 5.74) is 6.94. The number of amidine groups is 1. The van der Waals surface area contributed by atoms with E-state index in [2.05, 4.69) is 15.3 Å². The summed E-state index contributed by atoms with van der Waals surface area (Å²) in [6.45, 7) is 4.74. The predicted octanol–water partition coefficient (Wildman–Crippen LogP) is 3.61. The van der Waals surface area contributed by atoms with Gasteiger partial charge in [0.15, 0.2) is 17.2 Å². The van der Waals surface area contributed by atoms with E-state index in [9.17, 15) is 4.79 Å². The SMILES string of the molecule is COc1cc(Cl)c(Oc2cc(NCC(N)=Nc3ccccc3)nc(N3CCN(C(=O)N4CCOCC4)CC3)n2)cc1OC. The van der Waals surface area contributed by atoms with E-state index in [1.807, 2.05) is 45.0 Å². The van der Waals surface area contributed by atoms with Gasteiger partial charge in [0.1, 0.15) is 11.7 Å². The quantitative estimate of drug-likeness (QED) is 0.273. The molecule has 2 saturated heterocycles. The summed E-state index contributed by atoms with van der Waals surface area (Å²) in [4.78, 5) is 32.5. The molecule has 13 nitrogen and oxygen atoms in total. The van der Waals surface area contributed by atoms with Crippen LogP contribution in [0.15, 0.2) is 53.5 Å². The molecule has 3 heterocycles. The Bertz CT molecular complexity index is 1430. The summed E-state index contributed by atoms with van der Waals surface area (Å²) in [5, 5.41) is 3.54. The molecular formula is C29H35ClN8O5. The smallest absolute Gasteiger partial charge is 0.320 e. The fraction of sp³-hybridized carbons (Fsp3) is 0.379. The van der Waals surface area contributed by atoms with Crippen LogP contribution >= 0.6 is 11.6 Å². The van der Waals surface area contributed by atoms with Crippen molar-refractivity contribution in [2.45, 2.75) is 0 Å². The number of carbonyl (C=O) groups is 1. The molecule has 0 aliphatic carbocycles. The average Bonchev–Trinajstić information content (AvgIpc) is 3.05. The number of benzene rings is 2. The van der Waals surface area contributed by atoms with Crippen molar-refractivity contribution in [1.82, 2.24) is 19.8 Å². The number of halogens is 1. The minimum Gasteiger partial charge on any atom is -0.493 e. The highest BCUT2D eigenvalue weighted by Gasteiger charge is 2.28. The van der Waals surface area contributed by atoms with Crippen LogP contribution in [0, 0.1) is 0 Å². The molecule has 2 aliphatic rings. The van der Waals surface area contributed by atoms with Crippen LogP contribution in [0.1, 0.15) is 0 Å². The van der Waals surface area contributed by atoms with Crippen LogP contribution in [0.25, 0.3) is 0 Å². The molecule has 3 aromatic rings. The van der Waals surface area contributed by atoms with E-state index in [0.29, 0.717) is 92.4 Å². The second-order valence-electron chi connectivity index (χ2n) is 9.78. The number of piperazine rings is 1. The lowest BCUT2D eigenvalue weighted by Crippen LogP contribution is -2.55. The van der Waals surface area contributed by atoms with Crippen molar-refractivity contribution in [3.63, 3.8) is 0 Å². The maximum Gasteiger partial charge on any atom is 0.320 e. The molecule has 0 atom stereocenters. The van der Waals surface area contributed by atoms with Crippen molar-refractivity contribution in [1.29, 1.82) is 0 Å². The van der Waals surface area contributed by atoms with Gasteiger partial charge >= 0.3 is 6.03 Å². The van der Waals surface area contributed by atoms with Crippen molar-refractivity contribution < 1.29 is 23.7 Å². The Labute approximate surface area is 255 Å². The van der Waals surface area contributed by atoms with E-state index in [-0.39, 0.29) is 18.5 Å². The van der Waals surface area contributed by atoms with E-state index in [0.717, 1.165) is 5.69 Å². The zero-order chi connectivity index (χ0) is 30.2. The number of amides is 2. The third-order valence-corrected chi connectivity index (χ3v) is 7.23. The van der Waals surface area contributed by atoms with Crippen LogP contribution in [0.4, 0.5) is 22.2 Å². The Kier molecular flexibility index (Phi) is 9.84. The van der Waals surface area contributed by atoms with Crippen LogP contribution in [-0.2, 0) is 4.74 Å². The maximum absolute atomic E-state index is 13.0. The molecule has 0 radical (unpaired) electrons. The number of carbonyl (C=O) groups excluding carboxylic acids is 1. The number of nitrogens with two attached hydrogens (primary N) is 1. The number of urea groups is 1. The summed E-state index contributed by atoms with van der Waals surface area (Å²) in [6, 6.07) is 14.4. The lowest BCUT2D eigenvalue weighted by molar-refractivity contribution is 0.0428. The molecule has 3 N–H and O–H groups in total. The Hall–Kier alpha value is -4.49. The molecule has 2 fully saturated rings. The van der Waals surface area contributed by atoms with Gasteiger partial charge in [-0.25, -0.2) is 9.79 Å². The second kappa shape index (κ2) is 14.1. The van der Waals surface area contributed by atoms with Gasteiger partial charge in [-0.1, -0.05) is 29.8 Å². The van der Waals surface area contributed by atoms with E-state index in [4.69, 9.17) is 41.3 Å². The fourth-order valence-electron chi connectivity index (χ4n) is 4.66. The Morgan fingerprint density at radius 3 is 2.33 bits per heavy atom. The number of nitrogens with zero attached hydrogens (tertiary/aromatic N) is 6. The molecule has 14 heteroatoms. The number of hydrogen-bond acceptors (Lipinski definition) is 10.